The van der Waals surface area contributed by atoms with Crippen molar-refractivity contribution in [2.24, 2.45) is 5.92 Å². The fraction of sp³-hybridized carbons (Fsp3) is 0.348. The molecule has 6 heteroatoms. The standard InChI is InChI=1S/C23H25N3O2S/c27-21(16-9-5-2-1-3-6-10-16)24-18-13-14-19-20(15-18)29-23(25-19)26-22(28)17-11-7-4-8-12-17/h4,7-8,11-16H,1-3,5-6,9-10H2,(H,24,27)(H,25,26,28). The van der Waals surface area contributed by atoms with Gasteiger partial charge >= 0.3 is 0 Å². The lowest BCUT2D eigenvalue weighted by atomic mass is 9.90. The van der Waals surface area contributed by atoms with Crippen LogP contribution in [0.1, 0.15) is 55.3 Å². The van der Waals surface area contributed by atoms with E-state index in [4.69, 9.17) is 0 Å². The fourth-order valence-electron chi connectivity index (χ4n) is 3.78. The summed E-state index contributed by atoms with van der Waals surface area (Å²) in [6.07, 6.45) is 7.98. The van der Waals surface area contributed by atoms with Gasteiger partial charge in [-0.15, -0.1) is 0 Å². The highest BCUT2D eigenvalue weighted by Gasteiger charge is 2.19. The van der Waals surface area contributed by atoms with Crippen LogP contribution in [-0.2, 0) is 4.79 Å². The highest BCUT2D eigenvalue weighted by molar-refractivity contribution is 7.22. The number of anilines is 2. The van der Waals surface area contributed by atoms with Gasteiger partial charge in [-0.1, -0.05) is 61.6 Å². The molecule has 4 rings (SSSR count). The van der Waals surface area contributed by atoms with E-state index in [0.717, 1.165) is 41.6 Å². The molecule has 0 radical (unpaired) electrons. The van der Waals surface area contributed by atoms with Gasteiger partial charge in [0.2, 0.25) is 5.91 Å². The lowest BCUT2D eigenvalue weighted by molar-refractivity contribution is -0.120. The van der Waals surface area contributed by atoms with Crippen LogP contribution in [-0.4, -0.2) is 16.8 Å². The van der Waals surface area contributed by atoms with E-state index < -0.39 is 0 Å². The first-order valence-corrected chi connectivity index (χ1v) is 11.1. The number of hydrogen-bond acceptors (Lipinski definition) is 4. The second kappa shape index (κ2) is 9.18. The third-order valence-electron chi connectivity index (χ3n) is 5.39. The second-order valence-corrected chi connectivity index (χ2v) is 8.58. The largest absolute Gasteiger partial charge is 0.326 e. The third kappa shape index (κ3) is 5.01. The Morgan fingerprint density at radius 1 is 0.897 bits per heavy atom. The molecule has 0 saturated heterocycles. The van der Waals surface area contributed by atoms with Crippen molar-refractivity contribution in [1.29, 1.82) is 0 Å². The van der Waals surface area contributed by atoms with Crippen LogP contribution in [0.2, 0.25) is 0 Å². The van der Waals surface area contributed by atoms with Gasteiger partial charge in [0, 0.05) is 17.2 Å². The molecule has 1 aromatic heterocycles. The molecule has 1 fully saturated rings. The smallest absolute Gasteiger partial charge is 0.257 e. The summed E-state index contributed by atoms with van der Waals surface area (Å²) >= 11 is 1.41. The second-order valence-electron chi connectivity index (χ2n) is 7.55. The molecule has 0 aliphatic heterocycles. The lowest BCUT2D eigenvalue weighted by Gasteiger charge is -2.19. The Hall–Kier alpha value is -2.73. The number of nitrogens with zero attached hydrogens (tertiary/aromatic N) is 1. The molecule has 5 nitrogen and oxygen atoms in total. The van der Waals surface area contributed by atoms with E-state index in [2.05, 4.69) is 15.6 Å². The average Bonchev–Trinajstić information content (AvgIpc) is 3.09. The Morgan fingerprint density at radius 3 is 2.38 bits per heavy atom. The van der Waals surface area contributed by atoms with Crippen LogP contribution in [0.15, 0.2) is 48.5 Å². The van der Waals surface area contributed by atoms with Crippen LogP contribution < -0.4 is 10.6 Å². The average molecular weight is 408 g/mol. The van der Waals surface area contributed by atoms with E-state index in [1.54, 1.807) is 12.1 Å². The monoisotopic (exact) mass is 407 g/mol. The zero-order valence-electron chi connectivity index (χ0n) is 16.3. The summed E-state index contributed by atoms with van der Waals surface area (Å²) in [4.78, 5) is 29.5. The van der Waals surface area contributed by atoms with Gasteiger partial charge in [0.1, 0.15) is 0 Å². The minimum absolute atomic E-state index is 0.105. The number of thiazole rings is 1. The molecule has 1 aliphatic carbocycles. The quantitative estimate of drug-likeness (QED) is 0.570. The molecule has 29 heavy (non-hydrogen) atoms. The summed E-state index contributed by atoms with van der Waals surface area (Å²) in [6, 6.07) is 14.8. The number of carbonyl (C=O) groups is 2. The van der Waals surface area contributed by atoms with Crippen molar-refractivity contribution in [3.05, 3.63) is 54.1 Å². The molecule has 1 aliphatic rings. The number of hydrogen-bond donors (Lipinski definition) is 2. The molecular formula is C23H25N3O2S. The Labute approximate surface area is 174 Å². The Kier molecular flexibility index (Phi) is 6.20. The van der Waals surface area contributed by atoms with Crippen molar-refractivity contribution in [2.75, 3.05) is 10.6 Å². The van der Waals surface area contributed by atoms with Crippen molar-refractivity contribution in [3.8, 4) is 0 Å². The number of fused-ring (bicyclic) bond motifs is 1. The van der Waals surface area contributed by atoms with Crippen LogP contribution >= 0.6 is 11.3 Å². The number of amides is 2. The molecule has 0 spiro atoms. The summed E-state index contributed by atoms with van der Waals surface area (Å²) in [5, 5.41) is 6.49. The summed E-state index contributed by atoms with van der Waals surface area (Å²) in [5.74, 6) is 0.0454. The maximum absolute atomic E-state index is 12.7. The van der Waals surface area contributed by atoms with Crippen molar-refractivity contribution in [1.82, 2.24) is 4.98 Å². The molecule has 150 valence electrons. The number of benzene rings is 2. The minimum Gasteiger partial charge on any atom is -0.326 e. The van der Waals surface area contributed by atoms with E-state index in [1.165, 1.54) is 30.6 Å². The minimum atomic E-state index is -0.178. The molecule has 0 unspecified atom stereocenters. The Bertz CT molecular complexity index is 992. The normalized spacial score (nSPS) is 15.4. The van der Waals surface area contributed by atoms with Crippen LogP contribution in [0.25, 0.3) is 10.2 Å². The van der Waals surface area contributed by atoms with Gasteiger partial charge in [0.15, 0.2) is 5.13 Å². The molecule has 0 atom stereocenters. The summed E-state index contributed by atoms with van der Waals surface area (Å²) in [7, 11) is 0. The number of nitrogens with one attached hydrogen (secondary N) is 2. The van der Waals surface area contributed by atoms with Crippen LogP contribution in [0.5, 0.6) is 0 Å². The van der Waals surface area contributed by atoms with Crippen molar-refractivity contribution in [3.63, 3.8) is 0 Å². The van der Waals surface area contributed by atoms with Gasteiger partial charge in [0.05, 0.1) is 10.2 Å². The first kappa shape index (κ1) is 19.6. The first-order chi connectivity index (χ1) is 14.2. The number of aromatic nitrogens is 1. The molecule has 3 aromatic rings. The first-order valence-electron chi connectivity index (χ1n) is 10.3. The molecule has 1 saturated carbocycles. The number of carbonyl (C=O) groups excluding carboxylic acids is 2. The van der Waals surface area contributed by atoms with Gasteiger partial charge in [0.25, 0.3) is 5.91 Å². The van der Waals surface area contributed by atoms with Gasteiger partial charge in [-0.05, 0) is 43.2 Å². The van der Waals surface area contributed by atoms with Gasteiger partial charge < -0.3 is 5.32 Å². The third-order valence-corrected chi connectivity index (χ3v) is 6.32. The van der Waals surface area contributed by atoms with Gasteiger partial charge in [-0.3, -0.25) is 14.9 Å². The highest BCUT2D eigenvalue weighted by Crippen LogP contribution is 2.30. The SMILES string of the molecule is O=C(Nc1nc2ccc(NC(=O)C3CCCCCCC3)cc2s1)c1ccccc1. The van der Waals surface area contributed by atoms with Crippen LogP contribution in [0.3, 0.4) is 0 Å². The van der Waals surface area contributed by atoms with Crippen molar-refractivity contribution < 1.29 is 9.59 Å². The Balaban J connectivity index is 1.44. The molecular weight excluding hydrogens is 382 g/mol. The Morgan fingerprint density at radius 2 is 1.62 bits per heavy atom. The van der Waals surface area contributed by atoms with Crippen LogP contribution in [0, 0.1) is 5.92 Å². The maximum atomic E-state index is 12.7. The summed E-state index contributed by atoms with van der Waals surface area (Å²) in [5.41, 5.74) is 2.19. The van der Waals surface area contributed by atoms with Crippen molar-refractivity contribution >= 4 is 44.2 Å². The van der Waals surface area contributed by atoms with Crippen molar-refractivity contribution in [2.45, 2.75) is 44.9 Å². The predicted octanol–water partition coefficient (Wildman–Crippen LogP) is 5.85. The van der Waals surface area contributed by atoms with E-state index in [-0.39, 0.29) is 17.7 Å². The summed E-state index contributed by atoms with van der Waals surface area (Å²) < 4.78 is 0.934. The van der Waals surface area contributed by atoms with Gasteiger partial charge in [-0.2, -0.15) is 0 Å². The molecule has 0 bridgehead atoms. The molecule has 2 amide bonds. The summed E-state index contributed by atoms with van der Waals surface area (Å²) in [6.45, 7) is 0. The molecule has 2 N–H and O–H groups in total. The number of rotatable bonds is 4. The molecule has 1 heterocycles. The lowest BCUT2D eigenvalue weighted by Crippen LogP contribution is -2.23. The van der Waals surface area contributed by atoms with E-state index in [1.807, 2.05) is 36.4 Å². The van der Waals surface area contributed by atoms with E-state index >= 15 is 0 Å². The van der Waals surface area contributed by atoms with Crippen LogP contribution in [0.4, 0.5) is 10.8 Å². The fourth-order valence-corrected chi connectivity index (χ4v) is 4.68. The predicted molar refractivity (Wildman–Crippen MR) is 118 cm³/mol. The van der Waals surface area contributed by atoms with Gasteiger partial charge in [-0.25, -0.2) is 4.98 Å². The van der Waals surface area contributed by atoms with E-state index in [9.17, 15) is 9.59 Å². The van der Waals surface area contributed by atoms with E-state index in [0.29, 0.717) is 10.7 Å². The topological polar surface area (TPSA) is 71.1 Å². The highest BCUT2D eigenvalue weighted by atomic mass is 32.1. The maximum Gasteiger partial charge on any atom is 0.257 e. The molecule has 2 aromatic carbocycles. The zero-order chi connectivity index (χ0) is 20.1. The zero-order valence-corrected chi connectivity index (χ0v) is 17.1.